The summed E-state index contributed by atoms with van der Waals surface area (Å²) in [5, 5.41) is 11.2. The summed E-state index contributed by atoms with van der Waals surface area (Å²) in [6.07, 6.45) is 3.94. The molecule has 6 nitrogen and oxygen atoms in total. The molecule has 0 aliphatic carbocycles. The van der Waals surface area contributed by atoms with E-state index in [2.05, 4.69) is 15.5 Å². The maximum Gasteiger partial charge on any atom is 0.227 e. The number of nitrogens with zero attached hydrogens (tertiary/aromatic N) is 4. The largest absolute Gasteiger partial charge is 0.311 e. The van der Waals surface area contributed by atoms with Crippen LogP contribution in [0.4, 0.5) is 5.82 Å². The van der Waals surface area contributed by atoms with Gasteiger partial charge >= 0.3 is 0 Å². The molecule has 96 valence electrons. The van der Waals surface area contributed by atoms with Crippen LogP contribution in [0, 0.1) is 13.8 Å². The van der Waals surface area contributed by atoms with E-state index < -0.39 is 0 Å². The molecule has 0 fully saturated rings. The van der Waals surface area contributed by atoms with Gasteiger partial charge in [-0.3, -0.25) is 14.2 Å². The van der Waals surface area contributed by atoms with Crippen LogP contribution in [0.1, 0.15) is 17.7 Å². The third kappa shape index (κ3) is 2.58. The molecule has 0 aromatic carbocycles. The van der Waals surface area contributed by atoms with Crippen molar-refractivity contribution in [1.29, 1.82) is 0 Å². The minimum Gasteiger partial charge on any atom is -0.311 e. The van der Waals surface area contributed by atoms with E-state index in [1.54, 1.807) is 15.6 Å². The Morgan fingerprint density at radius 2 is 2.22 bits per heavy atom. The highest BCUT2D eigenvalue weighted by atomic mass is 16.1. The quantitative estimate of drug-likeness (QED) is 0.884. The smallest absolute Gasteiger partial charge is 0.227 e. The molecule has 0 bridgehead atoms. The molecule has 2 aromatic rings. The molecule has 0 saturated heterocycles. The van der Waals surface area contributed by atoms with Crippen molar-refractivity contribution < 1.29 is 4.79 Å². The second kappa shape index (κ2) is 5.03. The first kappa shape index (κ1) is 12.3. The average molecular weight is 247 g/mol. The number of hydrogen-bond acceptors (Lipinski definition) is 3. The Morgan fingerprint density at radius 3 is 2.78 bits per heavy atom. The predicted octanol–water partition coefficient (Wildman–Crippen LogP) is 1.26. The van der Waals surface area contributed by atoms with Gasteiger partial charge in [0.2, 0.25) is 5.91 Å². The first-order valence-corrected chi connectivity index (χ1v) is 5.85. The van der Waals surface area contributed by atoms with E-state index in [0.717, 1.165) is 17.1 Å². The summed E-state index contributed by atoms with van der Waals surface area (Å²) < 4.78 is 3.43. The van der Waals surface area contributed by atoms with Crippen molar-refractivity contribution in [2.45, 2.75) is 26.8 Å². The van der Waals surface area contributed by atoms with Gasteiger partial charge in [0, 0.05) is 38.0 Å². The lowest BCUT2D eigenvalue weighted by molar-refractivity contribution is -0.116. The minimum atomic E-state index is -0.0309. The number of anilines is 1. The molecule has 2 aromatic heterocycles. The van der Waals surface area contributed by atoms with E-state index in [1.807, 2.05) is 33.2 Å². The number of carbonyl (C=O) groups is 1. The van der Waals surface area contributed by atoms with Gasteiger partial charge in [-0.05, 0) is 19.9 Å². The van der Waals surface area contributed by atoms with Crippen LogP contribution in [0.2, 0.25) is 0 Å². The SMILES string of the molecule is Cc1nn(C)c(NC(=O)CCn2cccn2)c1C. The molecule has 0 unspecified atom stereocenters. The van der Waals surface area contributed by atoms with Gasteiger partial charge in [0.15, 0.2) is 0 Å². The standard InChI is InChI=1S/C12H17N5O/c1-9-10(2)15-16(3)12(9)14-11(18)5-8-17-7-4-6-13-17/h4,6-7H,5,8H2,1-3H3,(H,14,18). The van der Waals surface area contributed by atoms with Crippen LogP contribution in [0.25, 0.3) is 0 Å². The molecule has 2 heterocycles. The average Bonchev–Trinajstić information content (AvgIpc) is 2.92. The minimum absolute atomic E-state index is 0.0309. The second-order valence-corrected chi connectivity index (χ2v) is 4.25. The van der Waals surface area contributed by atoms with Crippen LogP contribution < -0.4 is 5.32 Å². The molecule has 0 atom stereocenters. The van der Waals surface area contributed by atoms with Gasteiger partial charge in [0.05, 0.1) is 5.69 Å². The lowest BCUT2D eigenvalue weighted by Gasteiger charge is -2.06. The molecular weight excluding hydrogens is 230 g/mol. The van der Waals surface area contributed by atoms with Gasteiger partial charge in [-0.1, -0.05) is 0 Å². The van der Waals surface area contributed by atoms with Gasteiger partial charge in [0.1, 0.15) is 5.82 Å². The number of carbonyl (C=O) groups excluding carboxylic acids is 1. The van der Waals surface area contributed by atoms with Crippen LogP contribution in [-0.4, -0.2) is 25.5 Å². The van der Waals surface area contributed by atoms with Crippen LogP contribution >= 0.6 is 0 Å². The fourth-order valence-corrected chi connectivity index (χ4v) is 1.78. The Labute approximate surface area is 106 Å². The van der Waals surface area contributed by atoms with Crippen molar-refractivity contribution >= 4 is 11.7 Å². The Kier molecular flexibility index (Phi) is 3.45. The third-order valence-corrected chi connectivity index (χ3v) is 2.91. The van der Waals surface area contributed by atoms with E-state index >= 15 is 0 Å². The van der Waals surface area contributed by atoms with Gasteiger partial charge in [-0.25, -0.2) is 0 Å². The van der Waals surface area contributed by atoms with Crippen molar-refractivity contribution in [3.8, 4) is 0 Å². The topological polar surface area (TPSA) is 64.7 Å². The van der Waals surface area contributed by atoms with Gasteiger partial charge in [-0.2, -0.15) is 10.2 Å². The molecule has 18 heavy (non-hydrogen) atoms. The Morgan fingerprint density at radius 1 is 1.44 bits per heavy atom. The van der Waals surface area contributed by atoms with Gasteiger partial charge < -0.3 is 5.32 Å². The summed E-state index contributed by atoms with van der Waals surface area (Å²) in [5.41, 5.74) is 1.94. The molecule has 0 radical (unpaired) electrons. The van der Waals surface area contributed by atoms with Crippen molar-refractivity contribution in [3.63, 3.8) is 0 Å². The highest BCUT2D eigenvalue weighted by Gasteiger charge is 2.11. The molecule has 0 saturated carbocycles. The number of aryl methyl sites for hydroxylation is 3. The van der Waals surface area contributed by atoms with Gasteiger partial charge in [-0.15, -0.1) is 0 Å². The number of amides is 1. The lowest BCUT2D eigenvalue weighted by atomic mass is 10.2. The summed E-state index contributed by atoms with van der Waals surface area (Å²) in [7, 11) is 1.82. The van der Waals surface area contributed by atoms with Crippen molar-refractivity contribution in [2.75, 3.05) is 5.32 Å². The lowest BCUT2D eigenvalue weighted by Crippen LogP contribution is -2.17. The molecule has 0 aliphatic rings. The zero-order valence-corrected chi connectivity index (χ0v) is 10.8. The molecule has 0 aliphatic heterocycles. The Bertz CT molecular complexity index is 541. The molecule has 6 heteroatoms. The number of aromatic nitrogens is 4. The summed E-state index contributed by atoms with van der Waals surface area (Å²) in [4.78, 5) is 11.8. The van der Waals surface area contributed by atoms with Crippen LogP contribution in [0.5, 0.6) is 0 Å². The zero-order chi connectivity index (χ0) is 13.1. The van der Waals surface area contributed by atoms with Crippen molar-refractivity contribution in [1.82, 2.24) is 19.6 Å². The first-order valence-electron chi connectivity index (χ1n) is 5.85. The maximum atomic E-state index is 11.8. The molecule has 1 amide bonds. The zero-order valence-electron chi connectivity index (χ0n) is 10.8. The Hall–Kier alpha value is -2.11. The maximum absolute atomic E-state index is 11.8. The van der Waals surface area contributed by atoms with Crippen LogP contribution in [-0.2, 0) is 18.4 Å². The molecule has 2 rings (SSSR count). The van der Waals surface area contributed by atoms with Crippen LogP contribution in [0.15, 0.2) is 18.5 Å². The molecular formula is C12H17N5O. The van der Waals surface area contributed by atoms with E-state index in [1.165, 1.54) is 0 Å². The van der Waals surface area contributed by atoms with E-state index in [-0.39, 0.29) is 5.91 Å². The second-order valence-electron chi connectivity index (χ2n) is 4.25. The summed E-state index contributed by atoms with van der Waals surface area (Å²) in [6.45, 7) is 4.45. The van der Waals surface area contributed by atoms with Crippen molar-refractivity contribution in [2.24, 2.45) is 7.05 Å². The third-order valence-electron chi connectivity index (χ3n) is 2.91. The monoisotopic (exact) mass is 247 g/mol. The van der Waals surface area contributed by atoms with Crippen LogP contribution in [0.3, 0.4) is 0 Å². The Balaban J connectivity index is 1.95. The number of rotatable bonds is 4. The molecule has 0 spiro atoms. The summed E-state index contributed by atoms with van der Waals surface area (Å²) in [5.74, 6) is 0.731. The first-order chi connectivity index (χ1) is 8.58. The predicted molar refractivity (Wildman–Crippen MR) is 68.2 cm³/mol. The highest BCUT2D eigenvalue weighted by molar-refractivity contribution is 5.90. The normalized spacial score (nSPS) is 10.6. The summed E-state index contributed by atoms with van der Waals surface area (Å²) >= 11 is 0. The fraction of sp³-hybridized carbons (Fsp3) is 0.417. The van der Waals surface area contributed by atoms with Gasteiger partial charge in [0.25, 0.3) is 0 Å². The summed E-state index contributed by atoms with van der Waals surface area (Å²) in [6, 6.07) is 1.84. The van der Waals surface area contributed by atoms with E-state index in [9.17, 15) is 4.79 Å². The number of nitrogens with one attached hydrogen (secondary N) is 1. The van der Waals surface area contributed by atoms with E-state index in [0.29, 0.717) is 13.0 Å². The number of hydrogen-bond donors (Lipinski definition) is 1. The van der Waals surface area contributed by atoms with E-state index in [4.69, 9.17) is 0 Å². The fourth-order valence-electron chi connectivity index (χ4n) is 1.78. The molecule has 1 N–H and O–H groups in total. The van der Waals surface area contributed by atoms with Crippen molar-refractivity contribution in [3.05, 3.63) is 29.7 Å². The highest BCUT2D eigenvalue weighted by Crippen LogP contribution is 2.16.